The summed E-state index contributed by atoms with van der Waals surface area (Å²) in [4.78, 5) is 56.7. The van der Waals surface area contributed by atoms with Gasteiger partial charge in [-0.25, -0.2) is 9.37 Å². The minimum absolute atomic E-state index is 0.171. The Labute approximate surface area is 226 Å². The summed E-state index contributed by atoms with van der Waals surface area (Å²) < 4.78 is 16.8. The number of benzene rings is 1. The zero-order valence-electron chi connectivity index (χ0n) is 21.4. The first-order valence-corrected chi connectivity index (χ1v) is 12.2. The van der Waals surface area contributed by atoms with Crippen LogP contribution in [-0.2, 0) is 27.3 Å². The number of hydrogen-bond acceptors (Lipinski definition) is 10. The summed E-state index contributed by atoms with van der Waals surface area (Å²) in [6.07, 6.45) is 3.95. The van der Waals surface area contributed by atoms with E-state index in [9.17, 15) is 39.6 Å². The van der Waals surface area contributed by atoms with Gasteiger partial charge in [0.15, 0.2) is 17.1 Å². The van der Waals surface area contributed by atoms with Gasteiger partial charge in [-0.1, -0.05) is 0 Å². The lowest BCUT2D eigenvalue weighted by atomic mass is 9.58. The van der Waals surface area contributed by atoms with Crippen LogP contribution in [0.4, 0.5) is 10.1 Å². The quantitative estimate of drug-likeness (QED) is 0.216. The van der Waals surface area contributed by atoms with Gasteiger partial charge >= 0.3 is 0 Å². The molecule has 4 atom stereocenters. The molecule has 0 aliphatic heterocycles. The average Bonchev–Trinajstić information content (AvgIpc) is 3.37. The molecule has 0 spiro atoms. The predicted octanol–water partition coefficient (Wildman–Crippen LogP) is 0.0949. The minimum Gasteiger partial charge on any atom is -0.510 e. The number of carbonyl (C=O) groups excluding carboxylic acids is 4. The first-order chi connectivity index (χ1) is 18.8. The number of nitrogens with one attached hydrogen (secondary N) is 1. The first-order valence-electron chi connectivity index (χ1n) is 12.2. The fourth-order valence-electron chi connectivity index (χ4n) is 6.10. The number of amides is 2. The minimum atomic E-state index is -2.81. The molecule has 7 N–H and O–H groups in total. The van der Waals surface area contributed by atoms with E-state index in [0.29, 0.717) is 0 Å². The third-order valence-electron chi connectivity index (χ3n) is 7.83. The van der Waals surface area contributed by atoms with Crippen LogP contribution >= 0.6 is 0 Å². The molecule has 210 valence electrons. The second-order valence-corrected chi connectivity index (χ2v) is 10.4. The topological polar surface area (TPSA) is 208 Å². The van der Waals surface area contributed by atoms with Crippen LogP contribution in [0.3, 0.4) is 0 Å². The van der Waals surface area contributed by atoms with Crippen molar-refractivity contribution >= 4 is 29.1 Å². The van der Waals surface area contributed by atoms with E-state index in [4.69, 9.17) is 5.73 Å². The maximum Gasteiger partial charge on any atom is 0.255 e. The van der Waals surface area contributed by atoms with Crippen molar-refractivity contribution in [2.24, 2.45) is 17.6 Å². The predicted molar refractivity (Wildman–Crippen MR) is 134 cm³/mol. The summed E-state index contributed by atoms with van der Waals surface area (Å²) in [7, 11) is 3.02. The number of carbonyl (C=O) groups is 4. The molecule has 1 heterocycles. The number of imidazole rings is 1. The second-order valence-electron chi connectivity index (χ2n) is 10.4. The number of primary amides is 1. The summed E-state index contributed by atoms with van der Waals surface area (Å²) >= 11 is 0. The van der Waals surface area contributed by atoms with Gasteiger partial charge in [0.25, 0.3) is 5.91 Å². The molecule has 0 fully saturated rings. The third-order valence-corrected chi connectivity index (χ3v) is 7.83. The lowest BCUT2D eigenvalue weighted by Crippen LogP contribution is -2.63. The van der Waals surface area contributed by atoms with E-state index in [1.54, 1.807) is 0 Å². The van der Waals surface area contributed by atoms with Crippen LogP contribution < -0.4 is 11.1 Å². The smallest absolute Gasteiger partial charge is 0.255 e. The van der Waals surface area contributed by atoms with Crippen LogP contribution in [0.25, 0.3) is 0 Å². The monoisotopic (exact) mass is 555 g/mol. The van der Waals surface area contributed by atoms with E-state index in [0.717, 1.165) is 6.07 Å². The Morgan fingerprint density at radius 1 is 1.27 bits per heavy atom. The fraction of sp³-hybridized carbons (Fsp3) is 0.346. The number of likely N-dealkylation sites (N-methyl/N-ethyl adjacent to an activating group) is 1. The van der Waals surface area contributed by atoms with Gasteiger partial charge in [0.1, 0.15) is 29.5 Å². The van der Waals surface area contributed by atoms with Gasteiger partial charge < -0.3 is 36.0 Å². The number of Topliss-reactive ketones (excluding diaryl/α,β-unsaturated/α-hetero) is 2. The van der Waals surface area contributed by atoms with Gasteiger partial charge in [-0.15, -0.1) is 0 Å². The van der Waals surface area contributed by atoms with Crippen LogP contribution in [0, 0.1) is 17.7 Å². The molecule has 0 unspecified atom stereocenters. The number of halogens is 1. The summed E-state index contributed by atoms with van der Waals surface area (Å²) in [6, 6.07) is -0.279. The molecule has 0 saturated heterocycles. The van der Waals surface area contributed by atoms with Crippen LogP contribution in [0.5, 0.6) is 5.75 Å². The Bertz CT molecular complexity index is 1550. The highest BCUT2D eigenvalue weighted by atomic mass is 19.1. The number of aliphatic hydroxyl groups is 3. The van der Waals surface area contributed by atoms with E-state index in [1.165, 1.54) is 42.3 Å². The number of phenols is 1. The third kappa shape index (κ3) is 3.78. The number of nitrogens with zero attached hydrogens (tertiary/aromatic N) is 3. The Morgan fingerprint density at radius 3 is 2.58 bits per heavy atom. The number of nitrogens with two attached hydrogens (primary N) is 1. The number of phenolic OH excluding ortho intramolecular Hbond substituents is 1. The molecule has 0 saturated carbocycles. The SMILES string of the molecule is CN(C)[C@@H]1C(O)=C(C(N)=O)C(=O)[C@@]2(O)C(O)=C3C(=O)c4c(O)c(NC(=O)Cn5ccnc5)cc(F)c4C[C@H]3C[C@@H]12. The van der Waals surface area contributed by atoms with Crippen molar-refractivity contribution in [3.8, 4) is 5.75 Å². The molecular weight excluding hydrogens is 529 g/mol. The van der Waals surface area contributed by atoms with Crippen LogP contribution in [0.1, 0.15) is 22.3 Å². The van der Waals surface area contributed by atoms with Crippen molar-refractivity contribution in [3.63, 3.8) is 0 Å². The van der Waals surface area contributed by atoms with E-state index < -0.39 is 92.3 Å². The summed E-state index contributed by atoms with van der Waals surface area (Å²) in [5.74, 6) is -10.00. The van der Waals surface area contributed by atoms with E-state index in [2.05, 4.69) is 10.3 Å². The number of anilines is 1. The molecule has 1 aromatic heterocycles. The number of rotatable bonds is 5. The number of hydrogen-bond donors (Lipinski definition) is 6. The molecular formula is C26H26FN5O8. The standard InChI is InChI=1S/C26H26FN5O8/c1-31(2)19-12-6-10-5-11-13(27)7-14(30-15(33)8-32-4-3-29-9-32)20(34)17(11)21(35)16(10)23(37)26(12,40)24(38)18(22(19)36)25(28)39/h3-4,7,9-10,12,19,34,36-37,40H,5-6,8H2,1-2H3,(H2,28,39)(H,30,33)/t10-,12-,19-,26-/m0/s1. The Kier molecular flexibility index (Phi) is 6.27. The van der Waals surface area contributed by atoms with Crippen molar-refractivity contribution in [3.05, 3.63) is 64.4 Å². The Hall–Kier alpha value is -4.56. The van der Waals surface area contributed by atoms with Gasteiger partial charge in [-0.2, -0.15) is 0 Å². The normalized spacial score (nSPS) is 26.0. The molecule has 5 rings (SSSR count). The molecule has 14 heteroatoms. The number of ketones is 2. The Morgan fingerprint density at radius 2 is 1.98 bits per heavy atom. The van der Waals surface area contributed by atoms with E-state index >= 15 is 4.39 Å². The lowest BCUT2D eigenvalue weighted by Gasteiger charge is -2.50. The maximum absolute atomic E-state index is 15.3. The number of allylic oxidation sites excluding steroid dienone is 1. The molecule has 0 radical (unpaired) electrons. The highest BCUT2D eigenvalue weighted by Gasteiger charge is 2.63. The van der Waals surface area contributed by atoms with Gasteiger partial charge in [0, 0.05) is 35.5 Å². The van der Waals surface area contributed by atoms with E-state index in [1.807, 2.05) is 0 Å². The summed E-state index contributed by atoms with van der Waals surface area (Å²) in [5.41, 5.74) is 0.0213. The number of fused-ring (bicyclic) bond motifs is 3. The molecule has 13 nitrogen and oxygen atoms in total. The maximum atomic E-state index is 15.3. The second kappa shape index (κ2) is 9.27. The van der Waals surface area contributed by atoms with Crippen molar-refractivity contribution in [2.45, 2.75) is 31.0 Å². The van der Waals surface area contributed by atoms with Crippen molar-refractivity contribution in [1.29, 1.82) is 0 Å². The summed E-state index contributed by atoms with van der Waals surface area (Å²) in [6.45, 7) is -0.216. The highest BCUT2D eigenvalue weighted by Crippen LogP contribution is 2.53. The van der Waals surface area contributed by atoms with Gasteiger partial charge in [0.05, 0.1) is 23.6 Å². The van der Waals surface area contributed by atoms with Crippen molar-refractivity contribution < 1.29 is 44.0 Å². The van der Waals surface area contributed by atoms with Gasteiger partial charge in [0.2, 0.25) is 11.7 Å². The molecule has 3 aliphatic carbocycles. The van der Waals surface area contributed by atoms with E-state index in [-0.39, 0.29) is 24.9 Å². The lowest BCUT2D eigenvalue weighted by molar-refractivity contribution is -0.148. The fourth-order valence-corrected chi connectivity index (χ4v) is 6.10. The molecule has 0 bridgehead atoms. The number of aliphatic hydroxyl groups excluding tert-OH is 2. The zero-order chi connectivity index (χ0) is 29.3. The summed E-state index contributed by atoms with van der Waals surface area (Å²) in [5, 5.41) is 46.9. The van der Waals surface area contributed by atoms with Crippen molar-refractivity contribution in [1.82, 2.24) is 14.5 Å². The highest BCUT2D eigenvalue weighted by molar-refractivity contribution is 6.25. The first kappa shape index (κ1) is 27.0. The molecule has 2 aromatic rings. The van der Waals surface area contributed by atoms with Crippen LogP contribution in [0.2, 0.25) is 0 Å². The molecule has 2 amide bonds. The molecule has 1 aromatic carbocycles. The average molecular weight is 556 g/mol. The molecule has 40 heavy (non-hydrogen) atoms. The van der Waals surface area contributed by atoms with Gasteiger partial charge in [-0.3, -0.25) is 24.1 Å². The Balaban J connectivity index is 1.60. The number of aromatic hydroxyl groups is 1. The van der Waals surface area contributed by atoms with Crippen LogP contribution in [-0.4, -0.2) is 84.0 Å². The zero-order valence-corrected chi connectivity index (χ0v) is 21.4. The molecule has 3 aliphatic rings. The van der Waals surface area contributed by atoms with Crippen molar-refractivity contribution in [2.75, 3.05) is 19.4 Å². The number of aromatic nitrogens is 2. The largest absolute Gasteiger partial charge is 0.510 e. The van der Waals surface area contributed by atoms with Crippen LogP contribution in [0.15, 0.2) is 47.5 Å². The van der Waals surface area contributed by atoms with Gasteiger partial charge in [-0.05, 0) is 32.9 Å².